The molecule has 1 amide bonds. The first-order chi connectivity index (χ1) is 13.4. The highest BCUT2D eigenvalue weighted by atomic mass is 16.6. The van der Waals surface area contributed by atoms with Gasteiger partial charge in [-0.05, 0) is 37.6 Å². The van der Waals surface area contributed by atoms with Gasteiger partial charge in [0.05, 0.1) is 24.2 Å². The smallest absolute Gasteiger partial charge is 0.338 e. The fourth-order valence-electron chi connectivity index (χ4n) is 2.43. The van der Waals surface area contributed by atoms with Crippen molar-refractivity contribution >= 4 is 23.3 Å². The normalized spacial score (nSPS) is 10.1. The molecular weight excluding hydrogens is 368 g/mol. The molecule has 1 N–H and O–H groups in total. The third kappa shape index (κ3) is 4.97. The fraction of sp³-hybridized carbons (Fsp3) is 0.263. The van der Waals surface area contributed by atoms with Gasteiger partial charge in [0.15, 0.2) is 6.61 Å². The molecule has 0 spiro atoms. The van der Waals surface area contributed by atoms with E-state index in [0.29, 0.717) is 16.8 Å². The molecule has 0 aliphatic carbocycles. The van der Waals surface area contributed by atoms with Gasteiger partial charge >= 0.3 is 11.7 Å². The Morgan fingerprint density at radius 3 is 2.61 bits per heavy atom. The van der Waals surface area contributed by atoms with Gasteiger partial charge in [-0.25, -0.2) is 4.79 Å². The van der Waals surface area contributed by atoms with E-state index in [9.17, 15) is 19.7 Å². The van der Waals surface area contributed by atoms with Gasteiger partial charge in [0.2, 0.25) is 5.75 Å². The molecule has 2 aromatic rings. The zero-order valence-corrected chi connectivity index (χ0v) is 15.7. The molecule has 0 radical (unpaired) electrons. The highest BCUT2D eigenvalue weighted by Gasteiger charge is 2.17. The maximum Gasteiger partial charge on any atom is 0.338 e. The van der Waals surface area contributed by atoms with Crippen molar-refractivity contribution in [3.05, 3.63) is 57.6 Å². The van der Waals surface area contributed by atoms with Crippen molar-refractivity contribution in [1.82, 2.24) is 0 Å². The Morgan fingerprint density at radius 2 is 1.96 bits per heavy atom. The maximum absolute atomic E-state index is 12.2. The number of nitro benzene ring substituents is 1. The van der Waals surface area contributed by atoms with Crippen LogP contribution in [0.15, 0.2) is 36.4 Å². The maximum atomic E-state index is 12.2. The van der Waals surface area contributed by atoms with Crippen LogP contribution >= 0.6 is 0 Å². The molecule has 0 saturated carbocycles. The summed E-state index contributed by atoms with van der Waals surface area (Å²) in [6.45, 7) is 3.33. The van der Waals surface area contributed by atoms with E-state index < -0.39 is 16.8 Å². The number of hydrogen-bond donors (Lipinski definition) is 1. The summed E-state index contributed by atoms with van der Waals surface area (Å²) in [6, 6.07) is 8.85. The number of esters is 1. The lowest BCUT2D eigenvalue weighted by Crippen LogP contribution is -2.21. The lowest BCUT2D eigenvalue weighted by atomic mass is 10.1. The minimum atomic E-state index is -0.575. The van der Waals surface area contributed by atoms with Crippen LogP contribution in [0.1, 0.15) is 22.8 Å². The van der Waals surface area contributed by atoms with E-state index in [1.807, 2.05) is 0 Å². The highest BCUT2D eigenvalue weighted by molar-refractivity contribution is 5.97. The molecule has 148 valence electrons. The second kappa shape index (κ2) is 9.36. The summed E-state index contributed by atoms with van der Waals surface area (Å²) in [6.07, 6.45) is 0. The molecule has 0 fully saturated rings. The van der Waals surface area contributed by atoms with Gasteiger partial charge in [-0.3, -0.25) is 14.9 Å². The van der Waals surface area contributed by atoms with Crippen molar-refractivity contribution in [2.24, 2.45) is 0 Å². The van der Waals surface area contributed by atoms with Crippen LogP contribution in [0.4, 0.5) is 11.4 Å². The summed E-state index contributed by atoms with van der Waals surface area (Å²) < 4.78 is 15.3. The molecule has 2 aromatic carbocycles. The highest BCUT2D eigenvalue weighted by Crippen LogP contribution is 2.30. The van der Waals surface area contributed by atoms with Crippen molar-refractivity contribution in [2.75, 3.05) is 25.6 Å². The average Bonchev–Trinajstić information content (AvgIpc) is 2.67. The molecule has 0 heterocycles. The van der Waals surface area contributed by atoms with Gasteiger partial charge in [0.25, 0.3) is 5.91 Å². The second-order valence-corrected chi connectivity index (χ2v) is 5.63. The van der Waals surface area contributed by atoms with Crippen LogP contribution in [0, 0.1) is 17.0 Å². The second-order valence-electron chi connectivity index (χ2n) is 5.63. The van der Waals surface area contributed by atoms with Crippen LogP contribution in [0.25, 0.3) is 0 Å². The molecule has 28 heavy (non-hydrogen) atoms. The molecule has 0 aliphatic rings. The van der Waals surface area contributed by atoms with Gasteiger partial charge in [-0.2, -0.15) is 0 Å². The predicted octanol–water partition coefficient (Wildman–Crippen LogP) is 3.11. The number of benzene rings is 2. The molecule has 9 heteroatoms. The van der Waals surface area contributed by atoms with Gasteiger partial charge < -0.3 is 19.5 Å². The molecule has 2 rings (SSSR count). The quantitative estimate of drug-likeness (QED) is 0.419. The van der Waals surface area contributed by atoms with E-state index in [1.54, 1.807) is 32.0 Å². The van der Waals surface area contributed by atoms with Crippen LogP contribution in [-0.4, -0.2) is 37.1 Å². The number of ether oxygens (including phenoxy) is 3. The van der Waals surface area contributed by atoms with Crippen LogP contribution in [0.2, 0.25) is 0 Å². The van der Waals surface area contributed by atoms with Crippen LogP contribution < -0.4 is 14.8 Å². The number of hydrogen-bond acceptors (Lipinski definition) is 7. The standard InChI is InChI=1S/C19H20N2O7/c1-4-27-19(23)14-6-5-7-15(12(14)2)20-18(22)11-28-13-8-9-16(21(24)25)17(10-13)26-3/h5-10H,4,11H2,1-3H3,(H,20,22). The van der Waals surface area contributed by atoms with Crippen LogP contribution in [-0.2, 0) is 9.53 Å². The zero-order chi connectivity index (χ0) is 20.7. The zero-order valence-electron chi connectivity index (χ0n) is 15.7. The Kier molecular flexibility index (Phi) is 6.91. The van der Waals surface area contributed by atoms with E-state index in [0.717, 1.165) is 0 Å². The average molecular weight is 388 g/mol. The van der Waals surface area contributed by atoms with E-state index in [-0.39, 0.29) is 30.4 Å². The van der Waals surface area contributed by atoms with Crippen molar-refractivity contribution in [1.29, 1.82) is 0 Å². The first kappa shape index (κ1) is 20.7. The fourth-order valence-corrected chi connectivity index (χ4v) is 2.43. The number of nitrogens with zero attached hydrogens (tertiary/aromatic N) is 1. The Morgan fingerprint density at radius 1 is 1.21 bits per heavy atom. The summed E-state index contributed by atoms with van der Waals surface area (Å²) in [4.78, 5) is 34.4. The van der Waals surface area contributed by atoms with Gasteiger partial charge in [-0.1, -0.05) is 6.07 Å². The molecule has 0 aromatic heterocycles. The molecular formula is C19H20N2O7. The molecule has 0 bridgehead atoms. The number of nitrogens with one attached hydrogen (secondary N) is 1. The third-order valence-corrected chi connectivity index (χ3v) is 3.82. The molecule has 0 saturated heterocycles. The van der Waals surface area contributed by atoms with Gasteiger partial charge in [0.1, 0.15) is 5.75 Å². The number of carbonyl (C=O) groups excluding carboxylic acids is 2. The predicted molar refractivity (Wildman–Crippen MR) is 101 cm³/mol. The van der Waals surface area contributed by atoms with Crippen molar-refractivity contribution in [3.8, 4) is 11.5 Å². The van der Waals surface area contributed by atoms with Gasteiger partial charge in [0, 0.05) is 17.8 Å². The van der Waals surface area contributed by atoms with E-state index >= 15 is 0 Å². The molecule has 0 aliphatic heterocycles. The number of carbonyl (C=O) groups is 2. The number of rotatable bonds is 8. The summed E-state index contributed by atoms with van der Waals surface area (Å²) >= 11 is 0. The number of amides is 1. The largest absolute Gasteiger partial charge is 0.490 e. The first-order valence-electron chi connectivity index (χ1n) is 8.39. The van der Waals surface area contributed by atoms with E-state index in [4.69, 9.17) is 14.2 Å². The summed E-state index contributed by atoms with van der Waals surface area (Å²) in [7, 11) is 1.30. The molecule has 0 unspecified atom stereocenters. The Bertz CT molecular complexity index is 896. The lowest BCUT2D eigenvalue weighted by molar-refractivity contribution is -0.385. The molecule has 9 nitrogen and oxygen atoms in total. The van der Waals surface area contributed by atoms with Gasteiger partial charge in [-0.15, -0.1) is 0 Å². The third-order valence-electron chi connectivity index (χ3n) is 3.82. The van der Waals surface area contributed by atoms with E-state index in [2.05, 4.69) is 5.32 Å². The lowest BCUT2D eigenvalue weighted by Gasteiger charge is -2.12. The minimum Gasteiger partial charge on any atom is -0.490 e. The Balaban J connectivity index is 2.04. The summed E-state index contributed by atoms with van der Waals surface area (Å²) in [5.41, 5.74) is 1.19. The van der Waals surface area contributed by atoms with Crippen LogP contribution in [0.5, 0.6) is 11.5 Å². The first-order valence-corrected chi connectivity index (χ1v) is 8.39. The SMILES string of the molecule is CCOC(=O)c1cccc(NC(=O)COc2ccc([N+](=O)[O-])c(OC)c2)c1C. The monoisotopic (exact) mass is 388 g/mol. The number of nitro groups is 1. The van der Waals surface area contributed by atoms with Crippen molar-refractivity contribution < 1.29 is 28.7 Å². The van der Waals surface area contributed by atoms with Crippen LogP contribution in [0.3, 0.4) is 0 Å². The summed E-state index contributed by atoms with van der Waals surface area (Å²) in [5.74, 6) is -0.651. The van der Waals surface area contributed by atoms with E-state index in [1.165, 1.54) is 25.3 Å². The number of anilines is 1. The Labute approximate surface area is 161 Å². The Hall–Kier alpha value is -3.62. The summed E-state index contributed by atoms with van der Waals surface area (Å²) in [5, 5.41) is 13.6. The topological polar surface area (TPSA) is 117 Å². The van der Waals surface area contributed by atoms with Crippen molar-refractivity contribution in [2.45, 2.75) is 13.8 Å². The minimum absolute atomic E-state index is 0.0286. The number of methoxy groups -OCH3 is 1. The molecule has 0 atom stereocenters. The van der Waals surface area contributed by atoms with Crippen molar-refractivity contribution in [3.63, 3.8) is 0 Å².